The van der Waals surface area contributed by atoms with Crippen LogP contribution in [0.4, 0.5) is 51.4 Å². The summed E-state index contributed by atoms with van der Waals surface area (Å²) in [5.41, 5.74) is 12.5. The molecular formula is C48H38BN5. The van der Waals surface area contributed by atoms with Crippen LogP contribution >= 0.6 is 0 Å². The van der Waals surface area contributed by atoms with Gasteiger partial charge < -0.3 is 4.90 Å². The SMILES string of the molecule is CC(C)(C)c1ccc(N(c2ccc3c(n2)N(c2ccccc2)c2cncc4c2B3c2ccccc2N4c2ccccc2)c2cccc3ccccc23)cc1. The molecular weight excluding hydrogens is 657 g/mol. The van der Waals surface area contributed by atoms with E-state index in [1.165, 1.54) is 27.3 Å². The molecule has 6 heteroatoms. The van der Waals surface area contributed by atoms with E-state index in [0.29, 0.717) is 0 Å². The van der Waals surface area contributed by atoms with Crippen molar-refractivity contribution in [3.05, 3.63) is 182 Å². The van der Waals surface area contributed by atoms with Crippen molar-refractivity contribution in [3.8, 4) is 0 Å². The van der Waals surface area contributed by atoms with Gasteiger partial charge in [0.05, 0.1) is 29.5 Å². The normalized spacial score (nSPS) is 13.0. The molecule has 0 saturated heterocycles. The number of para-hydroxylation sites is 3. The van der Waals surface area contributed by atoms with Crippen molar-refractivity contribution in [3.63, 3.8) is 0 Å². The van der Waals surface area contributed by atoms with E-state index >= 15 is 0 Å². The average Bonchev–Trinajstić information content (AvgIpc) is 3.21. The molecule has 54 heavy (non-hydrogen) atoms. The van der Waals surface area contributed by atoms with E-state index in [-0.39, 0.29) is 12.1 Å². The standard InChI is InChI=1S/C48H38BN5/c1-48(2,3)34-25-27-37(28-26-34)53(41-24-14-16-33-15-10-11-21-38(33)41)45-30-29-40-47(51-45)54(36-19-8-5-9-20-36)44-32-50-31-43-46(44)49(40)39-22-12-13-23-42(39)52(43)35-17-6-4-7-18-35/h4-32H,1-3H3. The topological polar surface area (TPSA) is 35.5 Å². The summed E-state index contributed by atoms with van der Waals surface area (Å²) in [5.74, 6) is 1.74. The summed E-state index contributed by atoms with van der Waals surface area (Å²) >= 11 is 0. The largest absolute Gasteiger partial charge is 0.310 e. The van der Waals surface area contributed by atoms with Crippen LogP contribution in [0.5, 0.6) is 0 Å². The fourth-order valence-electron chi connectivity index (χ4n) is 8.34. The lowest BCUT2D eigenvalue weighted by molar-refractivity contribution is 0.590. The molecule has 6 aromatic carbocycles. The molecule has 5 nitrogen and oxygen atoms in total. The fourth-order valence-corrected chi connectivity index (χ4v) is 8.34. The third-order valence-electron chi connectivity index (χ3n) is 10.9. The zero-order valence-corrected chi connectivity index (χ0v) is 30.6. The first-order valence-corrected chi connectivity index (χ1v) is 18.6. The number of hydrogen-bond acceptors (Lipinski definition) is 5. The summed E-state index contributed by atoms with van der Waals surface area (Å²) in [4.78, 5) is 17.6. The fraction of sp³-hybridized carbons (Fsp3) is 0.0833. The van der Waals surface area contributed by atoms with Crippen LogP contribution in [-0.2, 0) is 5.41 Å². The first-order valence-electron chi connectivity index (χ1n) is 18.6. The number of hydrogen-bond donors (Lipinski definition) is 0. The quantitative estimate of drug-likeness (QED) is 0.168. The van der Waals surface area contributed by atoms with Gasteiger partial charge in [0.15, 0.2) is 0 Å². The number of nitrogens with zero attached hydrogens (tertiary/aromatic N) is 5. The van der Waals surface area contributed by atoms with Gasteiger partial charge in [-0.2, -0.15) is 0 Å². The molecule has 2 aromatic heterocycles. The van der Waals surface area contributed by atoms with Gasteiger partial charge in [-0.3, -0.25) is 14.8 Å². The summed E-state index contributed by atoms with van der Waals surface area (Å²) in [6.45, 7) is 6.74. The van der Waals surface area contributed by atoms with Crippen LogP contribution in [0.15, 0.2) is 176 Å². The molecule has 0 amide bonds. The summed E-state index contributed by atoms with van der Waals surface area (Å²) in [6.07, 6.45) is 4.04. The summed E-state index contributed by atoms with van der Waals surface area (Å²) in [7, 11) is 0. The Labute approximate surface area is 316 Å². The van der Waals surface area contributed by atoms with Gasteiger partial charge in [0.1, 0.15) is 11.6 Å². The van der Waals surface area contributed by atoms with Crippen LogP contribution in [0, 0.1) is 0 Å². The van der Waals surface area contributed by atoms with Gasteiger partial charge >= 0.3 is 0 Å². The predicted octanol–water partition coefficient (Wildman–Crippen LogP) is 10.5. The Hall–Kier alpha value is -6.66. The summed E-state index contributed by atoms with van der Waals surface area (Å²) < 4.78 is 0. The first kappa shape index (κ1) is 32.0. The highest BCUT2D eigenvalue weighted by atomic mass is 15.3. The lowest BCUT2D eigenvalue weighted by Gasteiger charge is -2.43. The highest BCUT2D eigenvalue weighted by molar-refractivity contribution is 7.00. The van der Waals surface area contributed by atoms with Crippen molar-refractivity contribution >= 4 is 85.3 Å². The van der Waals surface area contributed by atoms with Gasteiger partial charge in [-0.1, -0.05) is 130 Å². The molecule has 8 aromatic rings. The lowest BCUT2D eigenvalue weighted by atomic mass is 9.34. The molecule has 0 radical (unpaired) electrons. The molecule has 0 atom stereocenters. The molecule has 0 saturated carbocycles. The Kier molecular flexibility index (Phi) is 7.41. The van der Waals surface area contributed by atoms with Crippen molar-refractivity contribution in [1.29, 1.82) is 0 Å². The van der Waals surface area contributed by atoms with E-state index in [9.17, 15) is 0 Å². The van der Waals surface area contributed by atoms with Crippen LogP contribution < -0.4 is 31.1 Å². The van der Waals surface area contributed by atoms with Crippen LogP contribution in [-0.4, -0.2) is 16.7 Å². The highest BCUT2D eigenvalue weighted by Crippen LogP contribution is 2.45. The Morgan fingerprint density at radius 2 is 1.17 bits per heavy atom. The molecule has 0 fully saturated rings. The van der Waals surface area contributed by atoms with Gasteiger partial charge in [-0.15, -0.1) is 0 Å². The minimum Gasteiger partial charge on any atom is -0.310 e. The van der Waals surface area contributed by atoms with E-state index in [1.807, 2.05) is 12.4 Å². The predicted molar refractivity (Wildman–Crippen MR) is 227 cm³/mol. The molecule has 0 bridgehead atoms. The van der Waals surface area contributed by atoms with E-state index in [0.717, 1.165) is 56.9 Å². The maximum absolute atomic E-state index is 5.71. The van der Waals surface area contributed by atoms with Crippen molar-refractivity contribution in [2.24, 2.45) is 0 Å². The monoisotopic (exact) mass is 695 g/mol. The third kappa shape index (κ3) is 5.09. The van der Waals surface area contributed by atoms with Gasteiger partial charge in [0.25, 0.3) is 6.71 Å². The molecule has 4 heterocycles. The number of fused-ring (bicyclic) bond motifs is 5. The summed E-state index contributed by atoms with van der Waals surface area (Å²) in [6, 6.07) is 58.6. The van der Waals surface area contributed by atoms with Crippen molar-refractivity contribution < 1.29 is 0 Å². The van der Waals surface area contributed by atoms with E-state index < -0.39 is 0 Å². The Balaban J connectivity index is 1.23. The second-order valence-corrected chi connectivity index (χ2v) is 15.1. The van der Waals surface area contributed by atoms with Crippen LogP contribution in [0.1, 0.15) is 26.3 Å². The van der Waals surface area contributed by atoms with Crippen molar-refractivity contribution in [1.82, 2.24) is 9.97 Å². The number of benzene rings is 6. The lowest BCUT2D eigenvalue weighted by Crippen LogP contribution is -2.61. The zero-order valence-electron chi connectivity index (χ0n) is 30.6. The van der Waals surface area contributed by atoms with Crippen LogP contribution in [0.2, 0.25) is 0 Å². The Morgan fingerprint density at radius 3 is 1.91 bits per heavy atom. The molecule has 2 aliphatic rings. The van der Waals surface area contributed by atoms with Crippen LogP contribution in [0.25, 0.3) is 10.8 Å². The second-order valence-electron chi connectivity index (χ2n) is 15.1. The Bertz CT molecular complexity index is 2670. The molecule has 0 spiro atoms. The zero-order chi connectivity index (χ0) is 36.4. The minimum absolute atomic E-state index is 0.0374. The van der Waals surface area contributed by atoms with Crippen molar-refractivity contribution in [2.75, 3.05) is 14.7 Å². The number of aromatic nitrogens is 2. The van der Waals surface area contributed by atoms with E-state index in [1.54, 1.807) is 0 Å². The maximum atomic E-state index is 5.71. The maximum Gasteiger partial charge on any atom is 0.254 e. The van der Waals surface area contributed by atoms with Crippen molar-refractivity contribution in [2.45, 2.75) is 26.2 Å². The minimum atomic E-state index is -0.0391. The number of anilines is 9. The van der Waals surface area contributed by atoms with Gasteiger partial charge in [0.2, 0.25) is 0 Å². The molecule has 2 aliphatic heterocycles. The van der Waals surface area contributed by atoms with Gasteiger partial charge in [-0.05, 0) is 87.4 Å². The van der Waals surface area contributed by atoms with Crippen LogP contribution in [0.3, 0.4) is 0 Å². The first-order chi connectivity index (χ1) is 26.5. The van der Waals surface area contributed by atoms with E-state index in [2.05, 4.69) is 199 Å². The Morgan fingerprint density at radius 1 is 0.537 bits per heavy atom. The number of pyridine rings is 2. The molecule has 0 unspecified atom stereocenters. The molecule has 0 aliphatic carbocycles. The van der Waals surface area contributed by atoms with Gasteiger partial charge in [0, 0.05) is 28.1 Å². The van der Waals surface area contributed by atoms with E-state index in [4.69, 9.17) is 9.97 Å². The second kappa shape index (κ2) is 12.5. The smallest absolute Gasteiger partial charge is 0.254 e. The summed E-state index contributed by atoms with van der Waals surface area (Å²) in [5, 5.41) is 2.35. The number of rotatable bonds is 5. The molecule has 258 valence electrons. The average molecular weight is 696 g/mol. The molecule has 10 rings (SSSR count). The van der Waals surface area contributed by atoms with Gasteiger partial charge in [-0.25, -0.2) is 4.98 Å². The third-order valence-corrected chi connectivity index (χ3v) is 10.9. The molecule has 0 N–H and O–H groups in total. The highest BCUT2D eigenvalue weighted by Gasteiger charge is 2.44.